The zero-order valence-corrected chi connectivity index (χ0v) is 19.3. The molecule has 0 aromatic heterocycles. The van der Waals surface area contributed by atoms with Crippen LogP contribution in [0.15, 0.2) is 0 Å². The van der Waals surface area contributed by atoms with E-state index in [0.29, 0.717) is 12.8 Å². The first-order valence-electron chi connectivity index (χ1n) is 10.2. The SMILES string of the molecule is CC1CC(CN2C(=O)C3CC(S(=O)(=O)NC4(C)CC4)CC(Br)C3N(C)C2=O)ON1. The molecule has 4 rings (SSSR count). The fraction of sp³-hybridized carbons (Fsp3) is 0.889. The number of fused-ring (bicyclic) bond motifs is 1. The Morgan fingerprint density at radius 1 is 1.28 bits per heavy atom. The molecule has 2 saturated heterocycles. The first-order chi connectivity index (χ1) is 13.5. The summed E-state index contributed by atoms with van der Waals surface area (Å²) in [4.78, 5) is 34.2. The van der Waals surface area contributed by atoms with E-state index in [4.69, 9.17) is 4.84 Å². The number of imide groups is 1. The van der Waals surface area contributed by atoms with Gasteiger partial charge in [0.1, 0.15) is 0 Å². The second-order valence-electron chi connectivity index (χ2n) is 9.25. The monoisotopic (exact) mass is 492 g/mol. The van der Waals surface area contributed by atoms with Gasteiger partial charge in [-0.05, 0) is 46.0 Å². The van der Waals surface area contributed by atoms with Crippen molar-refractivity contribution in [2.24, 2.45) is 5.92 Å². The molecule has 2 aliphatic heterocycles. The zero-order chi connectivity index (χ0) is 21.1. The van der Waals surface area contributed by atoms with Crippen molar-refractivity contribution < 1.29 is 22.8 Å². The molecule has 0 spiro atoms. The van der Waals surface area contributed by atoms with Gasteiger partial charge in [0.25, 0.3) is 0 Å². The topological polar surface area (TPSA) is 108 Å². The number of rotatable bonds is 5. The Hall–Kier alpha value is -0.750. The number of hydroxylamine groups is 1. The zero-order valence-electron chi connectivity index (χ0n) is 16.9. The average molecular weight is 493 g/mol. The van der Waals surface area contributed by atoms with Crippen molar-refractivity contribution in [2.45, 2.75) is 79.8 Å². The minimum Gasteiger partial charge on any atom is -0.322 e. The third-order valence-corrected chi connectivity index (χ3v) is 9.57. The molecular formula is C18H29BrN4O5S. The van der Waals surface area contributed by atoms with Crippen LogP contribution in [0.3, 0.4) is 0 Å². The van der Waals surface area contributed by atoms with E-state index < -0.39 is 21.2 Å². The number of hydrogen-bond acceptors (Lipinski definition) is 6. The van der Waals surface area contributed by atoms with Crippen molar-refractivity contribution in [1.29, 1.82) is 0 Å². The molecule has 29 heavy (non-hydrogen) atoms. The van der Waals surface area contributed by atoms with Crippen LogP contribution in [0.25, 0.3) is 0 Å². The molecule has 0 aromatic carbocycles. The Morgan fingerprint density at radius 2 is 1.97 bits per heavy atom. The molecule has 2 aliphatic carbocycles. The smallest absolute Gasteiger partial charge is 0.322 e. The summed E-state index contributed by atoms with van der Waals surface area (Å²) in [6, 6.07) is -0.545. The van der Waals surface area contributed by atoms with Crippen LogP contribution in [-0.4, -0.2) is 77.6 Å². The number of sulfonamides is 1. The number of nitrogens with one attached hydrogen (secondary N) is 2. The van der Waals surface area contributed by atoms with Crippen LogP contribution in [0.2, 0.25) is 0 Å². The van der Waals surface area contributed by atoms with E-state index in [2.05, 4.69) is 26.1 Å². The highest BCUT2D eigenvalue weighted by atomic mass is 79.9. The van der Waals surface area contributed by atoms with Gasteiger partial charge >= 0.3 is 6.03 Å². The highest BCUT2D eigenvalue weighted by molar-refractivity contribution is 9.09. The van der Waals surface area contributed by atoms with Gasteiger partial charge in [-0.1, -0.05) is 15.9 Å². The Bertz CT molecular complexity index is 804. The van der Waals surface area contributed by atoms with E-state index in [-0.39, 0.29) is 53.5 Å². The Kier molecular flexibility index (Phi) is 5.51. The summed E-state index contributed by atoms with van der Waals surface area (Å²) in [5, 5.41) is -0.664. The van der Waals surface area contributed by atoms with E-state index >= 15 is 0 Å². The molecule has 11 heteroatoms. The molecular weight excluding hydrogens is 464 g/mol. The molecule has 6 atom stereocenters. The number of hydrogen-bond donors (Lipinski definition) is 2. The predicted molar refractivity (Wildman–Crippen MR) is 110 cm³/mol. The maximum atomic E-state index is 13.3. The second kappa shape index (κ2) is 7.44. The molecule has 2 saturated carbocycles. The van der Waals surface area contributed by atoms with Gasteiger partial charge in [-0.15, -0.1) is 0 Å². The lowest BCUT2D eigenvalue weighted by atomic mass is 9.81. The highest BCUT2D eigenvalue weighted by Crippen LogP contribution is 2.41. The molecule has 3 amide bonds. The van der Waals surface area contributed by atoms with E-state index in [9.17, 15) is 18.0 Å². The number of nitrogens with zero attached hydrogens (tertiary/aromatic N) is 2. The minimum atomic E-state index is -3.55. The number of halogens is 1. The van der Waals surface area contributed by atoms with Crippen LogP contribution in [0.4, 0.5) is 4.79 Å². The largest absolute Gasteiger partial charge is 0.326 e. The van der Waals surface area contributed by atoms with Gasteiger partial charge in [0.2, 0.25) is 15.9 Å². The van der Waals surface area contributed by atoms with Crippen molar-refractivity contribution in [1.82, 2.24) is 20.0 Å². The predicted octanol–water partition coefficient (Wildman–Crippen LogP) is 0.945. The molecule has 2 N–H and O–H groups in total. The van der Waals surface area contributed by atoms with Crippen molar-refractivity contribution in [3.05, 3.63) is 0 Å². The van der Waals surface area contributed by atoms with Gasteiger partial charge < -0.3 is 4.90 Å². The van der Waals surface area contributed by atoms with Crippen molar-refractivity contribution in [3.63, 3.8) is 0 Å². The number of carbonyl (C=O) groups is 2. The third-order valence-electron chi connectivity index (χ3n) is 6.62. The Labute approximate surface area is 180 Å². The van der Waals surface area contributed by atoms with Crippen LogP contribution in [0, 0.1) is 5.92 Å². The fourth-order valence-corrected chi connectivity index (χ4v) is 8.09. The first kappa shape index (κ1) is 21.5. The van der Waals surface area contributed by atoms with Gasteiger partial charge in [-0.25, -0.2) is 17.9 Å². The van der Waals surface area contributed by atoms with Crippen LogP contribution in [0.5, 0.6) is 0 Å². The van der Waals surface area contributed by atoms with Gasteiger partial charge in [0.05, 0.1) is 29.9 Å². The second-order valence-corrected chi connectivity index (χ2v) is 12.4. The molecule has 0 aromatic rings. The maximum absolute atomic E-state index is 13.3. The highest BCUT2D eigenvalue weighted by Gasteiger charge is 2.54. The quantitative estimate of drug-likeness (QED) is 0.553. The van der Waals surface area contributed by atoms with Crippen molar-refractivity contribution >= 4 is 37.9 Å². The van der Waals surface area contributed by atoms with E-state index in [1.807, 2.05) is 13.8 Å². The summed E-state index contributed by atoms with van der Waals surface area (Å²) >= 11 is 3.58. The van der Waals surface area contributed by atoms with Gasteiger partial charge in [-0.2, -0.15) is 5.48 Å². The summed E-state index contributed by atoms with van der Waals surface area (Å²) in [6.07, 6.45) is 2.69. The minimum absolute atomic E-state index is 0.159. The fourth-order valence-electron chi connectivity index (χ4n) is 4.69. The van der Waals surface area contributed by atoms with Crippen LogP contribution in [-0.2, 0) is 19.7 Å². The molecule has 4 fully saturated rings. The maximum Gasteiger partial charge on any atom is 0.326 e. The number of carbonyl (C=O) groups excluding carboxylic acids is 2. The van der Waals surface area contributed by atoms with E-state index in [1.165, 1.54) is 4.90 Å². The van der Waals surface area contributed by atoms with Crippen LogP contribution < -0.4 is 10.2 Å². The van der Waals surface area contributed by atoms with Gasteiger partial charge in [-0.3, -0.25) is 14.5 Å². The van der Waals surface area contributed by atoms with Gasteiger partial charge in [0.15, 0.2) is 0 Å². The van der Waals surface area contributed by atoms with Crippen molar-refractivity contribution in [2.75, 3.05) is 13.6 Å². The summed E-state index contributed by atoms with van der Waals surface area (Å²) in [7, 11) is -1.87. The number of amides is 3. The van der Waals surface area contributed by atoms with E-state index in [1.54, 1.807) is 11.9 Å². The van der Waals surface area contributed by atoms with E-state index in [0.717, 1.165) is 12.8 Å². The summed E-state index contributed by atoms with van der Waals surface area (Å²) in [5.41, 5.74) is 2.51. The summed E-state index contributed by atoms with van der Waals surface area (Å²) in [5.74, 6) is -0.862. The third kappa shape index (κ3) is 4.08. The molecule has 6 unspecified atom stereocenters. The van der Waals surface area contributed by atoms with Crippen LogP contribution in [0.1, 0.15) is 46.0 Å². The molecule has 4 aliphatic rings. The molecule has 0 radical (unpaired) electrons. The average Bonchev–Trinajstić information content (AvgIpc) is 3.20. The Balaban J connectivity index is 1.53. The van der Waals surface area contributed by atoms with Gasteiger partial charge in [0, 0.05) is 23.5 Å². The molecule has 2 heterocycles. The summed E-state index contributed by atoms with van der Waals surface area (Å²) in [6.45, 7) is 4.04. The number of urea groups is 1. The molecule has 0 bridgehead atoms. The lowest BCUT2D eigenvalue weighted by Crippen LogP contribution is -2.66. The standard InChI is InChI=1S/C18H29BrN4O5S/c1-10-6-11(28-20-10)9-23-16(24)13-7-12(29(26,27)21-18(2)4-5-18)8-14(19)15(13)22(3)17(23)25/h10-15,20-21H,4-9H2,1-3H3. The summed E-state index contributed by atoms with van der Waals surface area (Å²) < 4.78 is 28.7. The van der Waals surface area contributed by atoms with Crippen LogP contribution >= 0.6 is 15.9 Å². The van der Waals surface area contributed by atoms with Crippen molar-refractivity contribution in [3.8, 4) is 0 Å². The number of alkyl halides is 1. The lowest BCUT2D eigenvalue weighted by Gasteiger charge is -2.49. The molecule has 164 valence electrons. The molecule has 9 nitrogen and oxygen atoms in total. The Morgan fingerprint density at radius 3 is 2.55 bits per heavy atom. The normalized spacial score (nSPS) is 39.6. The lowest BCUT2D eigenvalue weighted by molar-refractivity contribution is -0.141. The first-order valence-corrected chi connectivity index (χ1v) is 12.6.